The van der Waals surface area contributed by atoms with Crippen LogP contribution in [0.3, 0.4) is 0 Å². The topological polar surface area (TPSA) is 46.5 Å². The number of aldehydes is 1. The van der Waals surface area contributed by atoms with Crippen LogP contribution in [0.4, 0.5) is 0 Å². The first-order valence-electron chi connectivity index (χ1n) is 4.72. The van der Waals surface area contributed by atoms with Gasteiger partial charge in [0.15, 0.2) is 6.29 Å². The fraction of sp³-hybridized carbons (Fsp3) is 0.250. The Hall–Kier alpha value is -1.29. The molecule has 4 heteroatoms. The summed E-state index contributed by atoms with van der Waals surface area (Å²) < 4.78 is 5.69. The van der Waals surface area contributed by atoms with E-state index >= 15 is 0 Å². The summed E-state index contributed by atoms with van der Waals surface area (Å²) in [6.07, 6.45) is 2.76. The van der Waals surface area contributed by atoms with Gasteiger partial charge in [-0.1, -0.05) is 6.08 Å². The second-order valence-electron chi connectivity index (χ2n) is 3.32. The van der Waals surface area contributed by atoms with E-state index in [0.717, 1.165) is 5.56 Å². The van der Waals surface area contributed by atoms with Crippen LogP contribution < -0.4 is 4.74 Å². The number of carbonyl (C=O) groups is 1. The zero-order valence-electron chi connectivity index (χ0n) is 9.21. The maximum Gasteiger partial charge on any atom is 0.155 e. The van der Waals surface area contributed by atoms with Gasteiger partial charge in [-0.05, 0) is 34.8 Å². The second kappa shape index (κ2) is 5.16. The Morgan fingerprint density at radius 3 is 2.62 bits per heavy atom. The van der Waals surface area contributed by atoms with E-state index in [1.54, 1.807) is 6.08 Å². The normalized spacial score (nSPS) is 9.94. The molecule has 0 atom stereocenters. The molecule has 0 bridgehead atoms. The zero-order valence-corrected chi connectivity index (χ0v) is 10.8. The number of halogens is 1. The molecule has 0 saturated carbocycles. The Balaban J connectivity index is 3.61. The molecule has 1 rings (SSSR count). The maximum absolute atomic E-state index is 10.9. The average Bonchev–Trinajstić information content (AvgIpc) is 2.26. The van der Waals surface area contributed by atoms with Gasteiger partial charge in [-0.3, -0.25) is 4.79 Å². The summed E-state index contributed by atoms with van der Waals surface area (Å²) in [5.41, 5.74) is 1.67. The minimum atomic E-state index is -0.0138. The molecule has 1 aromatic carbocycles. The van der Waals surface area contributed by atoms with Crippen LogP contribution in [-0.2, 0) is 6.42 Å². The molecule has 0 aliphatic heterocycles. The summed E-state index contributed by atoms with van der Waals surface area (Å²) in [6.45, 7) is 5.45. The molecule has 0 aromatic heterocycles. The molecule has 0 aliphatic rings. The first-order chi connectivity index (χ1) is 7.58. The third-order valence-corrected chi connectivity index (χ3v) is 3.23. The summed E-state index contributed by atoms with van der Waals surface area (Å²) in [5, 5.41) is 9.94. The van der Waals surface area contributed by atoms with Crippen molar-refractivity contribution in [1.29, 1.82) is 0 Å². The minimum Gasteiger partial charge on any atom is -0.507 e. The number of rotatable bonds is 4. The molecule has 0 fully saturated rings. The van der Waals surface area contributed by atoms with Gasteiger partial charge in [-0.15, -0.1) is 6.58 Å². The van der Waals surface area contributed by atoms with Crippen molar-refractivity contribution in [1.82, 2.24) is 0 Å². The van der Waals surface area contributed by atoms with Crippen LogP contribution in [0.5, 0.6) is 11.5 Å². The van der Waals surface area contributed by atoms with Gasteiger partial charge in [0.1, 0.15) is 11.5 Å². The average molecular weight is 285 g/mol. The molecule has 0 amide bonds. The highest BCUT2D eigenvalue weighted by atomic mass is 79.9. The summed E-state index contributed by atoms with van der Waals surface area (Å²) in [5.74, 6) is 0.553. The summed E-state index contributed by atoms with van der Waals surface area (Å²) in [7, 11) is 1.52. The van der Waals surface area contributed by atoms with Crippen LogP contribution >= 0.6 is 15.9 Å². The van der Waals surface area contributed by atoms with Gasteiger partial charge in [-0.2, -0.15) is 0 Å². The van der Waals surface area contributed by atoms with Crippen LogP contribution in [0.25, 0.3) is 0 Å². The minimum absolute atomic E-state index is 0.0138. The Kier molecular flexibility index (Phi) is 4.12. The van der Waals surface area contributed by atoms with E-state index in [0.29, 0.717) is 28.5 Å². The molecule has 0 spiro atoms. The summed E-state index contributed by atoms with van der Waals surface area (Å²) >= 11 is 3.25. The van der Waals surface area contributed by atoms with Gasteiger partial charge in [0.05, 0.1) is 17.1 Å². The second-order valence-corrected chi connectivity index (χ2v) is 4.12. The van der Waals surface area contributed by atoms with Crippen LogP contribution in [0.15, 0.2) is 17.1 Å². The number of phenols is 1. The van der Waals surface area contributed by atoms with Crippen LogP contribution in [-0.4, -0.2) is 18.5 Å². The van der Waals surface area contributed by atoms with Crippen LogP contribution in [0.1, 0.15) is 21.5 Å². The standard InChI is InChI=1S/C12H13BrO3/c1-4-5-8-7(2)12(16-3)10(13)9(6-14)11(8)15/h4,6,15H,1,5H2,2-3H3. The SMILES string of the molecule is C=CCc1c(C)c(OC)c(Br)c(C=O)c1O. The molecular formula is C12H13BrO3. The lowest BCUT2D eigenvalue weighted by molar-refractivity contribution is 0.111. The maximum atomic E-state index is 10.9. The molecule has 0 heterocycles. The fourth-order valence-corrected chi connectivity index (χ4v) is 2.35. The van der Waals surface area contributed by atoms with E-state index in [4.69, 9.17) is 4.74 Å². The molecule has 1 N–H and O–H groups in total. The van der Waals surface area contributed by atoms with Gasteiger partial charge < -0.3 is 9.84 Å². The first-order valence-corrected chi connectivity index (χ1v) is 5.51. The number of allylic oxidation sites excluding steroid dienone is 1. The third-order valence-electron chi connectivity index (χ3n) is 2.44. The molecular weight excluding hydrogens is 272 g/mol. The van der Waals surface area contributed by atoms with Gasteiger partial charge >= 0.3 is 0 Å². The van der Waals surface area contributed by atoms with Crippen molar-refractivity contribution in [2.24, 2.45) is 0 Å². The van der Waals surface area contributed by atoms with E-state index < -0.39 is 0 Å². The van der Waals surface area contributed by atoms with Crippen molar-refractivity contribution in [2.75, 3.05) is 7.11 Å². The van der Waals surface area contributed by atoms with Crippen molar-refractivity contribution in [2.45, 2.75) is 13.3 Å². The van der Waals surface area contributed by atoms with E-state index in [-0.39, 0.29) is 11.3 Å². The summed E-state index contributed by atoms with van der Waals surface area (Å²) in [6, 6.07) is 0. The van der Waals surface area contributed by atoms with E-state index in [1.165, 1.54) is 7.11 Å². The monoisotopic (exact) mass is 284 g/mol. The number of benzene rings is 1. The number of hydrogen-bond donors (Lipinski definition) is 1. The third kappa shape index (κ3) is 1.97. The van der Waals surface area contributed by atoms with Crippen molar-refractivity contribution in [3.05, 3.63) is 33.8 Å². The van der Waals surface area contributed by atoms with Crippen molar-refractivity contribution in [3.8, 4) is 11.5 Å². The van der Waals surface area contributed by atoms with Crippen LogP contribution in [0, 0.1) is 6.92 Å². The van der Waals surface area contributed by atoms with Crippen LogP contribution in [0.2, 0.25) is 0 Å². The molecule has 86 valence electrons. The molecule has 3 nitrogen and oxygen atoms in total. The highest BCUT2D eigenvalue weighted by Crippen LogP contribution is 2.40. The van der Waals surface area contributed by atoms with Gasteiger partial charge in [0, 0.05) is 5.56 Å². The Labute approximate surface area is 103 Å². The molecule has 1 aromatic rings. The first kappa shape index (κ1) is 12.8. The molecule has 16 heavy (non-hydrogen) atoms. The van der Waals surface area contributed by atoms with E-state index in [1.807, 2.05) is 6.92 Å². The zero-order chi connectivity index (χ0) is 12.3. The van der Waals surface area contributed by atoms with Gasteiger partial charge in [0.25, 0.3) is 0 Å². The van der Waals surface area contributed by atoms with Crippen molar-refractivity contribution in [3.63, 3.8) is 0 Å². The Morgan fingerprint density at radius 2 is 2.19 bits per heavy atom. The molecule has 0 radical (unpaired) electrons. The number of methoxy groups -OCH3 is 1. The lowest BCUT2D eigenvalue weighted by atomic mass is 9.99. The van der Waals surface area contributed by atoms with E-state index in [9.17, 15) is 9.90 Å². The predicted molar refractivity (Wildman–Crippen MR) is 66.4 cm³/mol. The largest absolute Gasteiger partial charge is 0.507 e. The van der Waals surface area contributed by atoms with Crippen molar-refractivity contribution >= 4 is 22.2 Å². The number of carbonyl (C=O) groups excluding carboxylic acids is 1. The Morgan fingerprint density at radius 1 is 1.56 bits per heavy atom. The van der Waals surface area contributed by atoms with Crippen molar-refractivity contribution < 1.29 is 14.6 Å². The lowest BCUT2D eigenvalue weighted by Crippen LogP contribution is -1.99. The number of aromatic hydroxyl groups is 1. The molecule has 0 aliphatic carbocycles. The number of hydrogen-bond acceptors (Lipinski definition) is 3. The Bertz CT molecular complexity index is 439. The van der Waals surface area contributed by atoms with E-state index in [2.05, 4.69) is 22.5 Å². The summed E-state index contributed by atoms with van der Waals surface area (Å²) in [4.78, 5) is 10.9. The number of phenolic OH excluding ortho intramolecular Hbond substituents is 1. The van der Waals surface area contributed by atoms with Gasteiger partial charge in [-0.25, -0.2) is 0 Å². The number of ether oxygens (including phenoxy) is 1. The quantitative estimate of drug-likeness (QED) is 0.683. The lowest BCUT2D eigenvalue weighted by Gasteiger charge is -2.15. The smallest absolute Gasteiger partial charge is 0.155 e. The highest BCUT2D eigenvalue weighted by Gasteiger charge is 2.19. The highest BCUT2D eigenvalue weighted by molar-refractivity contribution is 9.10. The van der Waals surface area contributed by atoms with Gasteiger partial charge in [0.2, 0.25) is 0 Å². The molecule has 0 unspecified atom stereocenters. The predicted octanol–water partition coefficient (Wildman–Crippen LogP) is 3.01. The molecule has 0 saturated heterocycles. The fourth-order valence-electron chi connectivity index (χ4n) is 1.61.